The molecule has 0 rings (SSSR count). The first-order valence-electron chi connectivity index (χ1n) is 12.9. The van der Waals surface area contributed by atoms with Crippen molar-refractivity contribution in [2.45, 2.75) is 135 Å². The van der Waals surface area contributed by atoms with Crippen LogP contribution in [-0.4, -0.2) is 48.3 Å². The highest BCUT2D eigenvalue weighted by Gasteiger charge is 2.29. The average Bonchev–Trinajstić information content (AvgIpc) is 2.65. The Bertz CT molecular complexity index is 407. The van der Waals surface area contributed by atoms with E-state index in [1.165, 1.54) is 96.3 Å². The van der Waals surface area contributed by atoms with E-state index < -0.39 is 11.6 Å². The summed E-state index contributed by atoms with van der Waals surface area (Å²) in [7, 11) is 3.95. The van der Waals surface area contributed by atoms with Crippen molar-refractivity contribution in [3.63, 3.8) is 0 Å². The summed E-state index contributed by atoms with van der Waals surface area (Å²) in [6.45, 7) is 5.24. The van der Waals surface area contributed by atoms with Crippen molar-refractivity contribution in [1.82, 2.24) is 0 Å². The summed E-state index contributed by atoms with van der Waals surface area (Å²) in [6.07, 6.45) is 22.5. The molecular weight excluding hydrogens is 374 g/mol. The van der Waals surface area contributed by atoms with Gasteiger partial charge in [-0.25, -0.2) is 0 Å². The summed E-state index contributed by atoms with van der Waals surface area (Å²) in [4.78, 5) is 10.7. The average molecular weight is 428 g/mol. The zero-order valence-corrected chi connectivity index (χ0v) is 20.9. The van der Waals surface area contributed by atoms with E-state index in [2.05, 4.69) is 6.92 Å². The number of carbonyl (C=O) groups is 1. The molecule has 0 amide bonds. The van der Waals surface area contributed by atoms with E-state index in [9.17, 15) is 15.0 Å². The lowest BCUT2D eigenvalue weighted by Crippen LogP contribution is -2.51. The maximum atomic E-state index is 10.7. The van der Waals surface area contributed by atoms with Gasteiger partial charge in [0.05, 0.1) is 20.6 Å². The molecule has 30 heavy (non-hydrogen) atoms. The molecule has 0 bridgehead atoms. The molecule has 0 fully saturated rings. The number of hydrogen-bond acceptors (Lipinski definition) is 3. The van der Waals surface area contributed by atoms with Crippen molar-refractivity contribution in [3.05, 3.63) is 0 Å². The van der Waals surface area contributed by atoms with Crippen LogP contribution in [0.2, 0.25) is 0 Å². The third-order valence-corrected chi connectivity index (χ3v) is 6.26. The second-order valence-corrected chi connectivity index (χ2v) is 10.5. The molecular formula is C26H53NO3. The first-order chi connectivity index (χ1) is 14.2. The molecule has 0 spiro atoms. The minimum atomic E-state index is -1.02. The number of aliphatic carboxylic acids is 1. The monoisotopic (exact) mass is 427 g/mol. The Morgan fingerprint density at radius 2 is 1.13 bits per heavy atom. The molecule has 1 unspecified atom stereocenters. The molecule has 0 saturated heterocycles. The van der Waals surface area contributed by atoms with E-state index in [0.29, 0.717) is 17.6 Å². The smallest absolute Gasteiger partial charge is 0.111 e. The molecule has 0 saturated carbocycles. The van der Waals surface area contributed by atoms with Crippen molar-refractivity contribution in [3.8, 4) is 0 Å². The van der Waals surface area contributed by atoms with Gasteiger partial charge in [0.25, 0.3) is 0 Å². The number of carboxylic acids is 1. The van der Waals surface area contributed by atoms with Gasteiger partial charge in [0, 0.05) is 12.4 Å². The van der Waals surface area contributed by atoms with E-state index in [-0.39, 0.29) is 6.42 Å². The van der Waals surface area contributed by atoms with Crippen LogP contribution < -0.4 is 5.11 Å². The molecule has 0 aliphatic rings. The minimum absolute atomic E-state index is 0.0438. The van der Waals surface area contributed by atoms with E-state index in [0.717, 1.165) is 12.8 Å². The maximum Gasteiger partial charge on any atom is 0.111 e. The van der Waals surface area contributed by atoms with Gasteiger partial charge in [0.2, 0.25) is 0 Å². The first kappa shape index (κ1) is 29.4. The number of unbranched alkanes of at least 4 members (excludes halogenated alkanes) is 15. The molecule has 0 aromatic carbocycles. The lowest BCUT2D eigenvalue weighted by molar-refractivity contribution is -0.896. The van der Waals surface area contributed by atoms with Gasteiger partial charge in [-0.2, -0.15) is 0 Å². The third kappa shape index (κ3) is 20.7. The van der Waals surface area contributed by atoms with Crippen molar-refractivity contribution in [2.24, 2.45) is 0 Å². The molecule has 4 heteroatoms. The molecule has 180 valence electrons. The summed E-state index contributed by atoms with van der Waals surface area (Å²) in [5, 5.41) is 21.3. The quantitative estimate of drug-likeness (QED) is 0.180. The lowest BCUT2D eigenvalue weighted by atomic mass is 9.96. The molecule has 0 heterocycles. The molecule has 0 aliphatic heterocycles. The van der Waals surface area contributed by atoms with Crippen LogP contribution >= 0.6 is 0 Å². The predicted molar refractivity (Wildman–Crippen MR) is 126 cm³/mol. The molecule has 0 radical (unpaired) electrons. The van der Waals surface area contributed by atoms with Crippen LogP contribution in [0.5, 0.6) is 0 Å². The normalized spacial score (nSPS) is 14.0. The first-order valence-corrected chi connectivity index (χ1v) is 12.9. The number of hydrogen-bond donors (Lipinski definition) is 1. The van der Waals surface area contributed by atoms with E-state index in [1.807, 2.05) is 21.0 Å². The van der Waals surface area contributed by atoms with E-state index in [1.54, 1.807) is 0 Å². The summed E-state index contributed by atoms with van der Waals surface area (Å²) in [5.41, 5.74) is -0.731. The number of aliphatic hydroxyl groups is 1. The fourth-order valence-electron chi connectivity index (χ4n) is 4.53. The van der Waals surface area contributed by atoms with Crippen molar-refractivity contribution >= 4 is 5.97 Å². The number of rotatable bonds is 22. The SMILES string of the molecule is CCCCCCCCCCCCCCCCCCC(C)(O)C[N+](C)(C)CCC(=O)[O-]. The highest BCUT2D eigenvalue weighted by Crippen LogP contribution is 2.20. The highest BCUT2D eigenvalue weighted by molar-refractivity contribution is 5.64. The summed E-state index contributed by atoms with van der Waals surface area (Å²) in [6, 6.07) is 0. The molecule has 0 aromatic heterocycles. The van der Waals surface area contributed by atoms with Gasteiger partial charge in [-0.05, 0) is 13.3 Å². The molecule has 0 aromatic rings. The summed E-state index contributed by atoms with van der Waals surface area (Å²) < 4.78 is 0.514. The topological polar surface area (TPSA) is 60.4 Å². The standard InChI is InChI=1S/C26H53NO3/c1-5-6-7-8-9-10-11-12-13-14-15-16-17-18-19-20-22-26(2,30)24-27(3,4)23-21-25(28)29/h30H,5-24H2,1-4H3. The number of nitrogens with zero attached hydrogens (tertiary/aromatic N) is 1. The minimum Gasteiger partial charge on any atom is -0.550 e. The Morgan fingerprint density at radius 1 is 0.767 bits per heavy atom. The van der Waals surface area contributed by atoms with E-state index in [4.69, 9.17) is 0 Å². The summed E-state index contributed by atoms with van der Waals surface area (Å²) >= 11 is 0. The Morgan fingerprint density at radius 3 is 1.50 bits per heavy atom. The Kier molecular flexibility index (Phi) is 17.6. The fourth-order valence-corrected chi connectivity index (χ4v) is 4.53. The molecule has 0 aliphatic carbocycles. The van der Waals surface area contributed by atoms with Gasteiger partial charge < -0.3 is 19.5 Å². The van der Waals surface area contributed by atoms with Gasteiger partial charge in [-0.3, -0.25) is 0 Å². The zero-order valence-electron chi connectivity index (χ0n) is 20.9. The Hall–Kier alpha value is -0.610. The number of quaternary nitrogens is 1. The fraction of sp³-hybridized carbons (Fsp3) is 0.962. The Labute approximate surface area is 188 Å². The van der Waals surface area contributed by atoms with Gasteiger partial charge >= 0.3 is 0 Å². The maximum absolute atomic E-state index is 10.7. The van der Waals surface area contributed by atoms with Gasteiger partial charge in [0.15, 0.2) is 0 Å². The van der Waals surface area contributed by atoms with Crippen LogP contribution in [0.3, 0.4) is 0 Å². The van der Waals surface area contributed by atoms with Crippen molar-refractivity contribution in [2.75, 3.05) is 27.2 Å². The third-order valence-electron chi connectivity index (χ3n) is 6.26. The van der Waals surface area contributed by atoms with Crippen LogP contribution in [0, 0.1) is 0 Å². The van der Waals surface area contributed by atoms with Crippen LogP contribution in [0.4, 0.5) is 0 Å². The van der Waals surface area contributed by atoms with Gasteiger partial charge in [-0.1, -0.05) is 110 Å². The van der Waals surface area contributed by atoms with Crippen LogP contribution in [0.15, 0.2) is 0 Å². The van der Waals surface area contributed by atoms with Gasteiger partial charge in [-0.15, -0.1) is 0 Å². The zero-order chi connectivity index (χ0) is 22.7. The molecule has 1 atom stereocenters. The number of carbonyl (C=O) groups excluding carboxylic acids is 1. The Balaban J connectivity index is 3.48. The highest BCUT2D eigenvalue weighted by atomic mass is 16.4. The van der Waals surface area contributed by atoms with E-state index >= 15 is 0 Å². The molecule has 1 N–H and O–H groups in total. The lowest BCUT2D eigenvalue weighted by Gasteiger charge is -2.36. The van der Waals surface area contributed by atoms with Crippen LogP contribution in [0.25, 0.3) is 0 Å². The van der Waals surface area contributed by atoms with Crippen LogP contribution in [0.1, 0.15) is 129 Å². The van der Waals surface area contributed by atoms with Crippen molar-refractivity contribution < 1.29 is 19.5 Å². The predicted octanol–water partition coefficient (Wildman–Crippen LogP) is 5.61. The second kappa shape index (κ2) is 18.0. The largest absolute Gasteiger partial charge is 0.550 e. The van der Waals surface area contributed by atoms with Crippen LogP contribution in [-0.2, 0) is 4.79 Å². The second-order valence-electron chi connectivity index (χ2n) is 10.5. The number of carboxylic acid groups (broad SMARTS) is 1. The van der Waals surface area contributed by atoms with Crippen molar-refractivity contribution in [1.29, 1.82) is 0 Å². The summed E-state index contributed by atoms with van der Waals surface area (Å²) in [5.74, 6) is -1.02. The van der Waals surface area contributed by atoms with Gasteiger partial charge in [0.1, 0.15) is 12.1 Å². The number of likely N-dealkylation sites (N-methyl/N-ethyl adjacent to an activating group) is 1. The molecule has 4 nitrogen and oxygen atoms in total.